The van der Waals surface area contributed by atoms with Gasteiger partial charge in [-0.3, -0.25) is 9.78 Å². The molecule has 1 N–H and O–H groups in total. The van der Waals surface area contributed by atoms with Crippen LogP contribution in [0, 0.1) is 5.82 Å². The molecule has 0 bridgehead atoms. The monoisotopic (exact) mass is 415 g/mol. The summed E-state index contributed by atoms with van der Waals surface area (Å²) in [6.45, 7) is 0. The maximum atomic E-state index is 13.3. The number of hydrogen-bond acceptors (Lipinski definition) is 5. The molecule has 4 heterocycles. The lowest BCUT2D eigenvalue weighted by Gasteiger charge is -2.03. The van der Waals surface area contributed by atoms with E-state index >= 15 is 0 Å². The highest BCUT2D eigenvalue weighted by atomic mass is 32.1. The zero-order chi connectivity index (χ0) is 20.5. The van der Waals surface area contributed by atoms with Crippen LogP contribution < -0.4 is 5.32 Å². The van der Waals surface area contributed by atoms with E-state index in [1.165, 1.54) is 23.5 Å². The molecule has 5 aromatic rings. The fraction of sp³-hybridized carbons (Fsp3) is 0. The average Bonchev–Trinajstić information content (AvgIpc) is 3.41. The molecule has 0 saturated carbocycles. The number of fused-ring (bicyclic) bond motifs is 1. The molecule has 4 aromatic heterocycles. The van der Waals surface area contributed by atoms with Crippen LogP contribution in [0.1, 0.15) is 9.67 Å². The number of halogens is 1. The standard InChI is InChI=1S/C22H14FN5OS/c23-17-4-1-5-18(8-17)27-22(29)20-7-15(13-30-20)19-11-26-28-12-16(10-25-21(19)28)14-3-2-6-24-9-14/h1-13H,(H,27,29). The van der Waals surface area contributed by atoms with Gasteiger partial charge in [-0.1, -0.05) is 12.1 Å². The molecular formula is C22H14FN5OS. The van der Waals surface area contributed by atoms with Gasteiger partial charge in [0.25, 0.3) is 5.91 Å². The van der Waals surface area contributed by atoms with Crippen molar-refractivity contribution in [3.63, 3.8) is 0 Å². The Bertz CT molecular complexity index is 1360. The maximum Gasteiger partial charge on any atom is 0.265 e. The van der Waals surface area contributed by atoms with E-state index in [1.807, 2.05) is 23.7 Å². The van der Waals surface area contributed by atoms with Crippen molar-refractivity contribution in [2.24, 2.45) is 0 Å². The van der Waals surface area contributed by atoms with E-state index in [9.17, 15) is 9.18 Å². The molecule has 1 aromatic carbocycles. The molecule has 0 radical (unpaired) electrons. The fourth-order valence-electron chi connectivity index (χ4n) is 3.12. The predicted molar refractivity (Wildman–Crippen MR) is 114 cm³/mol. The molecule has 1 amide bonds. The van der Waals surface area contributed by atoms with Crippen LogP contribution in [0.4, 0.5) is 10.1 Å². The summed E-state index contributed by atoms with van der Waals surface area (Å²) in [5.74, 6) is -0.692. The predicted octanol–water partition coefficient (Wildman–Crippen LogP) is 4.91. The SMILES string of the molecule is O=C(Nc1cccc(F)c1)c1cc(-c2cnn3cc(-c4cccnc4)cnc23)cs1. The number of amides is 1. The summed E-state index contributed by atoms with van der Waals surface area (Å²) in [5.41, 5.74) is 4.64. The number of thiophene rings is 1. The number of nitrogens with one attached hydrogen (secondary N) is 1. The summed E-state index contributed by atoms with van der Waals surface area (Å²) in [5, 5.41) is 9.00. The Kier molecular flexibility index (Phi) is 4.53. The summed E-state index contributed by atoms with van der Waals surface area (Å²) in [4.78, 5) is 21.7. The molecule has 0 aliphatic heterocycles. The summed E-state index contributed by atoms with van der Waals surface area (Å²) in [6, 6.07) is 11.4. The molecule has 0 atom stereocenters. The number of carbonyl (C=O) groups is 1. The van der Waals surface area contributed by atoms with E-state index in [0.717, 1.165) is 22.3 Å². The highest BCUT2D eigenvalue weighted by molar-refractivity contribution is 7.12. The van der Waals surface area contributed by atoms with Gasteiger partial charge in [0.2, 0.25) is 0 Å². The third-order valence-corrected chi connectivity index (χ3v) is 5.50. The van der Waals surface area contributed by atoms with Crippen molar-refractivity contribution >= 4 is 28.6 Å². The lowest BCUT2D eigenvalue weighted by molar-refractivity contribution is 0.103. The molecule has 0 saturated heterocycles. The Balaban J connectivity index is 1.42. The van der Waals surface area contributed by atoms with Gasteiger partial charge >= 0.3 is 0 Å². The second-order valence-electron chi connectivity index (χ2n) is 6.57. The molecule has 8 heteroatoms. The van der Waals surface area contributed by atoms with Gasteiger partial charge in [0.1, 0.15) is 5.82 Å². The summed E-state index contributed by atoms with van der Waals surface area (Å²) in [7, 11) is 0. The van der Waals surface area contributed by atoms with E-state index < -0.39 is 5.82 Å². The van der Waals surface area contributed by atoms with E-state index in [1.54, 1.807) is 47.5 Å². The van der Waals surface area contributed by atoms with Gasteiger partial charge in [-0.15, -0.1) is 11.3 Å². The van der Waals surface area contributed by atoms with Crippen LogP contribution in [0.3, 0.4) is 0 Å². The first kappa shape index (κ1) is 18.1. The normalized spacial score (nSPS) is 11.0. The smallest absolute Gasteiger partial charge is 0.265 e. The minimum atomic E-state index is -0.400. The van der Waals surface area contributed by atoms with E-state index in [2.05, 4.69) is 20.4 Å². The largest absolute Gasteiger partial charge is 0.321 e. The van der Waals surface area contributed by atoms with Crippen LogP contribution in [0.2, 0.25) is 0 Å². The van der Waals surface area contributed by atoms with Crippen LogP contribution in [0.5, 0.6) is 0 Å². The number of carbonyl (C=O) groups excluding carboxylic acids is 1. The lowest BCUT2D eigenvalue weighted by atomic mass is 10.1. The lowest BCUT2D eigenvalue weighted by Crippen LogP contribution is -2.10. The molecule has 0 fully saturated rings. The second-order valence-corrected chi connectivity index (χ2v) is 7.49. The Morgan fingerprint density at radius 2 is 1.97 bits per heavy atom. The van der Waals surface area contributed by atoms with Crippen molar-refractivity contribution in [2.75, 3.05) is 5.32 Å². The maximum absolute atomic E-state index is 13.3. The van der Waals surface area contributed by atoms with Gasteiger partial charge in [-0.2, -0.15) is 5.10 Å². The first-order chi connectivity index (χ1) is 14.7. The van der Waals surface area contributed by atoms with Crippen LogP contribution in [-0.2, 0) is 0 Å². The molecule has 0 aliphatic rings. The molecule has 0 unspecified atom stereocenters. The van der Waals surface area contributed by atoms with E-state index in [4.69, 9.17) is 0 Å². The Morgan fingerprint density at radius 3 is 2.80 bits per heavy atom. The number of benzene rings is 1. The molecular weight excluding hydrogens is 401 g/mol. The van der Waals surface area contributed by atoms with E-state index in [0.29, 0.717) is 16.2 Å². The minimum absolute atomic E-state index is 0.292. The molecule has 5 rings (SSSR count). The van der Waals surface area contributed by atoms with Crippen LogP contribution in [-0.4, -0.2) is 25.5 Å². The van der Waals surface area contributed by atoms with Crippen molar-refractivity contribution in [2.45, 2.75) is 0 Å². The molecule has 6 nitrogen and oxygen atoms in total. The van der Waals surface area contributed by atoms with Gasteiger partial charge in [0.15, 0.2) is 5.65 Å². The van der Waals surface area contributed by atoms with Crippen molar-refractivity contribution in [1.29, 1.82) is 0 Å². The van der Waals surface area contributed by atoms with Crippen molar-refractivity contribution in [3.8, 4) is 22.3 Å². The topological polar surface area (TPSA) is 72.2 Å². The second kappa shape index (κ2) is 7.49. The highest BCUT2D eigenvalue weighted by Crippen LogP contribution is 2.29. The molecule has 0 spiro atoms. The minimum Gasteiger partial charge on any atom is -0.321 e. The zero-order valence-corrected chi connectivity index (χ0v) is 16.3. The number of rotatable bonds is 4. The summed E-state index contributed by atoms with van der Waals surface area (Å²) >= 11 is 1.31. The fourth-order valence-corrected chi connectivity index (χ4v) is 3.92. The number of nitrogens with zero attached hydrogens (tertiary/aromatic N) is 4. The number of hydrogen-bond donors (Lipinski definition) is 1. The van der Waals surface area contributed by atoms with Gasteiger partial charge in [-0.25, -0.2) is 13.9 Å². The average molecular weight is 415 g/mol. The molecule has 146 valence electrons. The van der Waals surface area contributed by atoms with Crippen molar-refractivity contribution < 1.29 is 9.18 Å². The zero-order valence-electron chi connectivity index (χ0n) is 15.5. The van der Waals surface area contributed by atoms with Crippen LogP contribution in [0.25, 0.3) is 27.9 Å². The van der Waals surface area contributed by atoms with Crippen molar-refractivity contribution in [1.82, 2.24) is 19.6 Å². The van der Waals surface area contributed by atoms with Gasteiger partial charge in [-0.05, 0) is 41.3 Å². The first-order valence-corrected chi connectivity index (χ1v) is 9.95. The summed E-state index contributed by atoms with van der Waals surface area (Å²) < 4.78 is 15.0. The number of aromatic nitrogens is 4. The van der Waals surface area contributed by atoms with Crippen LogP contribution in [0.15, 0.2) is 78.8 Å². The Morgan fingerprint density at radius 1 is 1.03 bits per heavy atom. The molecule has 30 heavy (non-hydrogen) atoms. The third kappa shape index (κ3) is 3.44. The van der Waals surface area contributed by atoms with Gasteiger partial charge < -0.3 is 5.32 Å². The quantitative estimate of drug-likeness (QED) is 0.453. The van der Waals surface area contributed by atoms with Gasteiger partial charge in [0, 0.05) is 47.2 Å². The van der Waals surface area contributed by atoms with Crippen LogP contribution >= 0.6 is 11.3 Å². The van der Waals surface area contributed by atoms with E-state index in [-0.39, 0.29) is 5.91 Å². The first-order valence-electron chi connectivity index (χ1n) is 9.07. The Hall–Kier alpha value is -3.91. The number of anilines is 1. The summed E-state index contributed by atoms with van der Waals surface area (Å²) in [6.07, 6.45) is 8.90. The number of pyridine rings is 1. The van der Waals surface area contributed by atoms with Crippen molar-refractivity contribution in [3.05, 3.63) is 89.5 Å². The Labute approximate surface area is 174 Å². The highest BCUT2D eigenvalue weighted by Gasteiger charge is 2.15. The van der Waals surface area contributed by atoms with Gasteiger partial charge in [0.05, 0.1) is 11.1 Å². The third-order valence-electron chi connectivity index (χ3n) is 4.57. The molecule has 0 aliphatic carbocycles.